The normalized spacial score (nSPS) is 18.0. The van der Waals surface area contributed by atoms with Crippen LogP contribution < -0.4 is 10.6 Å². The van der Waals surface area contributed by atoms with Crippen LogP contribution in [0.15, 0.2) is 30.3 Å². The average molecular weight is 300 g/mol. The van der Waals surface area contributed by atoms with Crippen LogP contribution in [0.4, 0.5) is 10.2 Å². The molecule has 5 heteroatoms. The zero-order valence-electron chi connectivity index (χ0n) is 12.8. The maximum atomic E-state index is 14.1. The molecule has 1 aliphatic rings. The van der Waals surface area contributed by atoms with Crippen molar-refractivity contribution >= 4 is 5.82 Å². The van der Waals surface area contributed by atoms with E-state index in [0.717, 1.165) is 43.9 Å². The van der Waals surface area contributed by atoms with Gasteiger partial charge in [-0.2, -0.15) is 0 Å². The van der Waals surface area contributed by atoms with E-state index in [4.69, 9.17) is 5.73 Å². The summed E-state index contributed by atoms with van der Waals surface area (Å²) in [4.78, 5) is 11.3. The summed E-state index contributed by atoms with van der Waals surface area (Å²) in [6.07, 6.45) is 2.81. The number of nitrogens with zero attached hydrogens (tertiary/aromatic N) is 3. The van der Waals surface area contributed by atoms with Crippen LogP contribution in [-0.4, -0.2) is 29.1 Å². The van der Waals surface area contributed by atoms with Gasteiger partial charge in [-0.05, 0) is 25.0 Å². The van der Waals surface area contributed by atoms with Crippen LogP contribution in [0.5, 0.6) is 0 Å². The maximum absolute atomic E-state index is 14.1. The average Bonchev–Trinajstić information content (AvgIpc) is 2.94. The molecule has 0 radical (unpaired) electrons. The summed E-state index contributed by atoms with van der Waals surface area (Å²) in [6, 6.07) is 8.83. The molecule has 1 unspecified atom stereocenters. The lowest BCUT2D eigenvalue weighted by Gasteiger charge is -2.18. The molecule has 4 nitrogen and oxygen atoms in total. The third-order valence-corrected chi connectivity index (χ3v) is 3.94. The van der Waals surface area contributed by atoms with E-state index in [1.165, 1.54) is 6.07 Å². The molecule has 0 saturated carbocycles. The Balaban J connectivity index is 2.02. The molecule has 1 aromatic heterocycles. The maximum Gasteiger partial charge on any atom is 0.164 e. The van der Waals surface area contributed by atoms with E-state index in [0.29, 0.717) is 11.4 Å². The minimum absolute atomic E-state index is 0.182. The summed E-state index contributed by atoms with van der Waals surface area (Å²) in [7, 11) is 0. The predicted octanol–water partition coefficient (Wildman–Crippen LogP) is 2.77. The number of rotatable bonds is 4. The molecule has 1 fully saturated rings. The first-order valence-electron chi connectivity index (χ1n) is 7.80. The molecule has 0 aliphatic carbocycles. The third kappa shape index (κ3) is 3.09. The van der Waals surface area contributed by atoms with E-state index in [-0.39, 0.29) is 11.9 Å². The van der Waals surface area contributed by atoms with Gasteiger partial charge in [0.25, 0.3) is 0 Å². The summed E-state index contributed by atoms with van der Waals surface area (Å²) in [5.74, 6) is 1.02. The van der Waals surface area contributed by atoms with Gasteiger partial charge in [0.05, 0.1) is 5.56 Å². The molecule has 2 aromatic rings. The molecule has 1 saturated heterocycles. The monoisotopic (exact) mass is 300 g/mol. The van der Waals surface area contributed by atoms with Gasteiger partial charge in [-0.1, -0.05) is 25.5 Å². The van der Waals surface area contributed by atoms with Crippen molar-refractivity contribution in [1.82, 2.24) is 9.97 Å². The lowest BCUT2D eigenvalue weighted by Crippen LogP contribution is -2.27. The second-order valence-corrected chi connectivity index (χ2v) is 5.77. The van der Waals surface area contributed by atoms with Gasteiger partial charge in [-0.25, -0.2) is 14.4 Å². The first kappa shape index (κ1) is 14.9. The summed E-state index contributed by atoms with van der Waals surface area (Å²) < 4.78 is 14.1. The topological polar surface area (TPSA) is 55.0 Å². The Morgan fingerprint density at radius 3 is 2.82 bits per heavy atom. The Labute approximate surface area is 130 Å². The molecule has 22 heavy (non-hydrogen) atoms. The van der Waals surface area contributed by atoms with E-state index in [1.807, 2.05) is 6.07 Å². The highest BCUT2D eigenvalue weighted by Crippen LogP contribution is 2.25. The number of nitrogens with two attached hydrogens (primary N) is 1. The Morgan fingerprint density at radius 2 is 2.14 bits per heavy atom. The second-order valence-electron chi connectivity index (χ2n) is 5.77. The van der Waals surface area contributed by atoms with Crippen molar-refractivity contribution in [2.75, 3.05) is 18.0 Å². The standard InChI is InChI=1S/C17H21FN4/c1-2-5-13-10-16(22-9-8-12(19)11-22)21-17(20-13)14-6-3-4-7-15(14)18/h3-4,6-7,10,12H,2,5,8-9,11,19H2,1H3. The van der Waals surface area contributed by atoms with Gasteiger partial charge in [0.2, 0.25) is 0 Å². The number of hydrogen-bond donors (Lipinski definition) is 1. The summed E-state index contributed by atoms with van der Waals surface area (Å²) in [6.45, 7) is 3.79. The van der Waals surface area contributed by atoms with Crippen molar-refractivity contribution in [3.8, 4) is 11.4 Å². The van der Waals surface area contributed by atoms with Gasteiger partial charge in [0.1, 0.15) is 11.6 Å². The lowest BCUT2D eigenvalue weighted by molar-refractivity contribution is 0.629. The van der Waals surface area contributed by atoms with Gasteiger partial charge < -0.3 is 10.6 Å². The van der Waals surface area contributed by atoms with E-state index < -0.39 is 0 Å². The van der Waals surface area contributed by atoms with Crippen LogP contribution in [0.2, 0.25) is 0 Å². The molecule has 1 aliphatic heterocycles. The largest absolute Gasteiger partial charge is 0.355 e. The van der Waals surface area contributed by atoms with Crippen LogP contribution in [0, 0.1) is 5.82 Å². The highest BCUT2D eigenvalue weighted by molar-refractivity contribution is 5.59. The fourth-order valence-corrected chi connectivity index (χ4v) is 2.79. The zero-order chi connectivity index (χ0) is 15.5. The van der Waals surface area contributed by atoms with Gasteiger partial charge in [-0.3, -0.25) is 0 Å². The second kappa shape index (κ2) is 6.40. The first-order chi connectivity index (χ1) is 10.7. The van der Waals surface area contributed by atoms with Crippen molar-refractivity contribution in [2.45, 2.75) is 32.2 Å². The molecule has 1 atom stereocenters. The molecule has 116 valence electrons. The molecule has 0 amide bonds. The summed E-state index contributed by atoms with van der Waals surface area (Å²) >= 11 is 0. The van der Waals surface area contributed by atoms with Crippen LogP contribution in [-0.2, 0) is 6.42 Å². The number of halogens is 1. The Kier molecular flexibility index (Phi) is 4.34. The third-order valence-electron chi connectivity index (χ3n) is 3.94. The van der Waals surface area contributed by atoms with Crippen LogP contribution >= 0.6 is 0 Å². The molecule has 2 N–H and O–H groups in total. The number of hydrogen-bond acceptors (Lipinski definition) is 4. The summed E-state index contributed by atoms with van der Waals surface area (Å²) in [5.41, 5.74) is 7.39. The Morgan fingerprint density at radius 1 is 1.32 bits per heavy atom. The van der Waals surface area contributed by atoms with Gasteiger partial charge in [0, 0.05) is 30.9 Å². The highest BCUT2D eigenvalue weighted by Gasteiger charge is 2.22. The fourth-order valence-electron chi connectivity index (χ4n) is 2.79. The Bertz CT molecular complexity index is 659. The minimum atomic E-state index is -0.291. The number of aryl methyl sites for hydroxylation is 1. The van der Waals surface area contributed by atoms with Gasteiger partial charge >= 0.3 is 0 Å². The molecule has 1 aromatic carbocycles. The highest BCUT2D eigenvalue weighted by atomic mass is 19.1. The van der Waals surface area contributed by atoms with E-state index in [2.05, 4.69) is 21.8 Å². The van der Waals surface area contributed by atoms with Crippen molar-refractivity contribution in [3.63, 3.8) is 0 Å². The van der Waals surface area contributed by atoms with Crippen LogP contribution in [0.25, 0.3) is 11.4 Å². The summed E-state index contributed by atoms with van der Waals surface area (Å²) in [5, 5.41) is 0. The van der Waals surface area contributed by atoms with Gasteiger partial charge in [-0.15, -0.1) is 0 Å². The lowest BCUT2D eigenvalue weighted by atomic mass is 10.1. The zero-order valence-corrected chi connectivity index (χ0v) is 12.8. The van der Waals surface area contributed by atoms with E-state index in [1.54, 1.807) is 18.2 Å². The van der Waals surface area contributed by atoms with Crippen molar-refractivity contribution in [1.29, 1.82) is 0 Å². The van der Waals surface area contributed by atoms with Crippen molar-refractivity contribution < 1.29 is 4.39 Å². The van der Waals surface area contributed by atoms with E-state index in [9.17, 15) is 4.39 Å². The predicted molar refractivity (Wildman–Crippen MR) is 86.2 cm³/mol. The van der Waals surface area contributed by atoms with E-state index >= 15 is 0 Å². The molecular weight excluding hydrogens is 279 g/mol. The van der Waals surface area contributed by atoms with Crippen LogP contribution in [0.1, 0.15) is 25.5 Å². The SMILES string of the molecule is CCCc1cc(N2CCC(N)C2)nc(-c2ccccc2F)n1. The van der Waals surface area contributed by atoms with Crippen molar-refractivity contribution in [2.24, 2.45) is 5.73 Å². The number of benzene rings is 1. The molecule has 0 spiro atoms. The molecule has 0 bridgehead atoms. The quantitative estimate of drug-likeness (QED) is 0.943. The first-order valence-corrected chi connectivity index (χ1v) is 7.80. The Hall–Kier alpha value is -2.01. The molecular formula is C17H21FN4. The smallest absolute Gasteiger partial charge is 0.164 e. The number of anilines is 1. The fraction of sp³-hybridized carbons (Fsp3) is 0.412. The molecule has 2 heterocycles. The molecule has 3 rings (SSSR count). The van der Waals surface area contributed by atoms with Crippen LogP contribution in [0.3, 0.4) is 0 Å². The van der Waals surface area contributed by atoms with Gasteiger partial charge in [0.15, 0.2) is 5.82 Å². The van der Waals surface area contributed by atoms with Crippen molar-refractivity contribution in [3.05, 3.63) is 41.8 Å². The number of aromatic nitrogens is 2. The minimum Gasteiger partial charge on any atom is -0.355 e.